The van der Waals surface area contributed by atoms with E-state index in [1.54, 1.807) is 31.2 Å². The summed E-state index contributed by atoms with van der Waals surface area (Å²) in [6.07, 6.45) is 2.95. The van der Waals surface area contributed by atoms with E-state index in [9.17, 15) is 14.4 Å². The van der Waals surface area contributed by atoms with Crippen molar-refractivity contribution in [3.63, 3.8) is 0 Å². The third-order valence-electron chi connectivity index (χ3n) is 4.58. The predicted molar refractivity (Wildman–Crippen MR) is 137 cm³/mol. The summed E-state index contributed by atoms with van der Waals surface area (Å²) in [5, 5.41) is 5.27. The molecule has 0 aromatic heterocycles. The van der Waals surface area contributed by atoms with E-state index in [-0.39, 0.29) is 29.7 Å². The van der Waals surface area contributed by atoms with Gasteiger partial charge in [-0.05, 0) is 55.0 Å². The van der Waals surface area contributed by atoms with Gasteiger partial charge in [0.1, 0.15) is 5.57 Å². The molecule has 2 N–H and O–H groups in total. The summed E-state index contributed by atoms with van der Waals surface area (Å²) in [6, 6.07) is 12.3. The third kappa shape index (κ3) is 6.09. The number of halogens is 1. The van der Waals surface area contributed by atoms with Gasteiger partial charge in [-0.1, -0.05) is 40.2 Å². The molecule has 1 fully saturated rings. The molecule has 1 aliphatic heterocycles. The van der Waals surface area contributed by atoms with E-state index in [1.807, 2.05) is 18.2 Å². The van der Waals surface area contributed by atoms with Gasteiger partial charge < -0.3 is 14.8 Å². The zero-order valence-electron chi connectivity index (χ0n) is 18.3. The maximum atomic E-state index is 12.8. The van der Waals surface area contributed by atoms with Crippen LogP contribution in [-0.2, 0) is 14.4 Å². The first-order valence-corrected chi connectivity index (χ1v) is 11.5. The number of rotatable bonds is 9. The van der Waals surface area contributed by atoms with Crippen LogP contribution in [0.3, 0.4) is 0 Å². The Morgan fingerprint density at radius 1 is 1.21 bits per heavy atom. The molecule has 2 aromatic rings. The quantitative estimate of drug-likeness (QED) is 0.217. The molecule has 3 rings (SSSR count). The largest absolute Gasteiger partial charge is 0.490 e. The van der Waals surface area contributed by atoms with E-state index in [4.69, 9.17) is 21.7 Å². The highest BCUT2D eigenvalue weighted by atomic mass is 79.9. The molecule has 0 spiro atoms. The number of para-hydroxylation sites is 1. The smallest absolute Gasteiger partial charge is 0.265 e. The fourth-order valence-corrected chi connectivity index (χ4v) is 3.74. The van der Waals surface area contributed by atoms with Crippen LogP contribution in [-0.4, -0.2) is 47.5 Å². The Kier molecular flexibility index (Phi) is 8.55. The summed E-state index contributed by atoms with van der Waals surface area (Å²) in [7, 11) is 0. The second kappa shape index (κ2) is 11.6. The number of carbonyl (C=O) groups excluding carboxylic acids is 3. The number of hydrogen-bond acceptors (Lipinski definition) is 6. The molecule has 0 bridgehead atoms. The molecular formula is C24H22BrN3O5S. The van der Waals surface area contributed by atoms with E-state index in [0.29, 0.717) is 33.8 Å². The first-order chi connectivity index (χ1) is 16.3. The van der Waals surface area contributed by atoms with Gasteiger partial charge in [0.2, 0.25) is 0 Å². The standard InChI is InChI=1S/C24H22BrN3O5S/c1-3-10-28-23(31)17(22(30)27-24(28)34)11-15-12-19(32-4-2)20(13-18(15)25)33-14-21(29)26-16-8-6-5-7-9-16/h3,5-9,11-13H,1,4,10,14H2,2H3,(H,26,29)(H,27,30,34)/b17-11+. The minimum absolute atomic E-state index is 0.0265. The molecule has 1 aliphatic rings. The fourth-order valence-electron chi connectivity index (χ4n) is 3.05. The number of ether oxygens (including phenoxy) is 2. The fraction of sp³-hybridized carbons (Fsp3) is 0.167. The Morgan fingerprint density at radius 3 is 2.59 bits per heavy atom. The van der Waals surface area contributed by atoms with Crippen LogP contribution >= 0.6 is 28.1 Å². The summed E-state index contributed by atoms with van der Waals surface area (Å²) >= 11 is 8.51. The second-order valence-electron chi connectivity index (χ2n) is 6.98. The van der Waals surface area contributed by atoms with Crippen LogP contribution in [0, 0.1) is 0 Å². The second-order valence-corrected chi connectivity index (χ2v) is 8.22. The Bertz CT molecular complexity index is 1170. The number of nitrogens with one attached hydrogen (secondary N) is 2. The molecule has 1 saturated heterocycles. The molecular weight excluding hydrogens is 522 g/mol. The first kappa shape index (κ1) is 25.1. The highest BCUT2D eigenvalue weighted by Crippen LogP contribution is 2.35. The lowest BCUT2D eigenvalue weighted by Gasteiger charge is -2.27. The summed E-state index contributed by atoms with van der Waals surface area (Å²) in [4.78, 5) is 38.7. The predicted octanol–water partition coefficient (Wildman–Crippen LogP) is 3.68. The lowest BCUT2D eigenvalue weighted by molar-refractivity contribution is -0.128. The molecule has 0 saturated carbocycles. The number of carbonyl (C=O) groups is 3. The van der Waals surface area contributed by atoms with Crippen molar-refractivity contribution in [1.82, 2.24) is 10.2 Å². The molecule has 10 heteroatoms. The zero-order chi connectivity index (χ0) is 24.7. The van der Waals surface area contributed by atoms with Crippen molar-refractivity contribution in [2.45, 2.75) is 6.92 Å². The summed E-state index contributed by atoms with van der Waals surface area (Å²) in [6.45, 7) is 5.68. The number of hydrogen-bond donors (Lipinski definition) is 2. The lowest BCUT2D eigenvalue weighted by atomic mass is 10.1. The van der Waals surface area contributed by atoms with Crippen LogP contribution in [0.2, 0.25) is 0 Å². The number of thiocarbonyl (C=S) groups is 1. The maximum Gasteiger partial charge on any atom is 0.265 e. The Balaban J connectivity index is 1.83. The van der Waals surface area contributed by atoms with Crippen molar-refractivity contribution in [1.29, 1.82) is 0 Å². The zero-order valence-corrected chi connectivity index (χ0v) is 20.7. The van der Waals surface area contributed by atoms with E-state index in [0.717, 1.165) is 0 Å². The molecule has 34 heavy (non-hydrogen) atoms. The van der Waals surface area contributed by atoms with Gasteiger partial charge in [-0.25, -0.2) is 0 Å². The van der Waals surface area contributed by atoms with Gasteiger partial charge in [0.05, 0.1) is 6.61 Å². The van der Waals surface area contributed by atoms with Crippen molar-refractivity contribution >= 4 is 62.7 Å². The van der Waals surface area contributed by atoms with Gasteiger partial charge in [0.25, 0.3) is 17.7 Å². The van der Waals surface area contributed by atoms with E-state index >= 15 is 0 Å². The van der Waals surface area contributed by atoms with Crippen LogP contribution in [0.1, 0.15) is 12.5 Å². The van der Waals surface area contributed by atoms with Crippen molar-refractivity contribution in [3.8, 4) is 11.5 Å². The first-order valence-electron chi connectivity index (χ1n) is 10.3. The van der Waals surface area contributed by atoms with Crippen molar-refractivity contribution in [2.24, 2.45) is 0 Å². The highest BCUT2D eigenvalue weighted by Gasteiger charge is 2.32. The van der Waals surface area contributed by atoms with Gasteiger partial charge >= 0.3 is 0 Å². The average Bonchev–Trinajstić information content (AvgIpc) is 2.81. The topological polar surface area (TPSA) is 97.0 Å². The third-order valence-corrected chi connectivity index (χ3v) is 5.59. The maximum absolute atomic E-state index is 12.8. The van der Waals surface area contributed by atoms with Gasteiger partial charge in [0, 0.05) is 16.7 Å². The van der Waals surface area contributed by atoms with Crippen LogP contribution < -0.4 is 20.1 Å². The molecule has 1 heterocycles. The van der Waals surface area contributed by atoms with Gasteiger partial charge in [-0.2, -0.15) is 0 Å². The Hall–Kier alpha value is -3.50. The van der Waals surface area contributed by atoms with Crippen LogP contribution in [0.5, 0.6) is 11.5 Å². The van der Waals surface area contributed by atoms with Crippen LogP contribution in [0.4, 0.5) is 5.69 Å². The van der Waals surface area contributed by atoms with Crippen molar-refractivity contribution in [2.75, 3.05) is 25.1 Å². The summed E-state index contributed by atoms with van der Waals surface area (Å²) < 4.78 is 11.9. The average molecular weight is 544 g/mol. The van der Waals surface area contributed by atoms with E-state index in [2.05, 4.69) is 33.1 Å². The molecule has 0 aliphatic carbocycles. The molecule has 176 valence electrons. The van der Waals surface area contributed by atoms with Crippen LogP contribution in [0.15, 0.2) is 65.2 Å². The molecule has 2 aromatic carbocycles. The Morgan fingerprint density at radius 2 is 1.91 bits per heavy atom. The molecule has 3 amide bonds. The SMILES string of the molecule is C=CCN1C(=O)/C(=C/c2cc(OCC)c(OCC(=O)Nc3ccccc3)cc2Br)C(=O)NC1=S. The number of nitrogens with zero attached hydrogens (tertiary/aromatic N) is 1. The molecule has 0 radical (unpaired) electrons. The number of anilines is 1. The lowest BCUT2D eigenvalue weighted by Crippen LogP contribution is -2.53. The summed E-state index contributed by atoms with van der Waals surface area (Å²) in [5.41, 5.74) is 1.08. The van der Waals surface area contributed by atoms with Gasteiger partial charge in [0.15, 0.2) is 23.2 Å². The number of amides is 3. The van der Waals surface area contributed by atoms with Crippen molar-refractivity contribution < 1.29 is 23.9 Å². The van der Waals surface area contributed by atoms with Crippen molar-refractivity contribution in [3.05, 3.63) is 70.7 Å². The highest BCUT2D eigenvalue weighted by molar-refractivity contribution is 9.10. The normalized spacial score (nSPS) is 14.6. The van der Waals surface area contributed by atoms with Gasteiger partial charge in [-0.15, -0.1) is 6.58 Å². The van der Waals surface area contributed by atoms with E-state index < -0.39 is 11.8 Å². The monoisotopic (exact) mass is 543 g/mol. The summed E-state index contributed by atoms with van der Waals surface area (Å²) in [5.74, 6) is -0.784. The Labute approximate surface area is 210 Å². The number of benzene rings is 2. The van der Waals surface area contributed by atoms with E-state index in [1.165, 1.54) is 17.1 Å². The molecule has 0 unspecified atom stereocenters. The molecule has 8 nitrogen and oxygen atoms in total. The minimum atomic E-state index is -0.599. The minimum Gasteiger partial charge on any atom is -0.490 e. The van der Waals surface area contributed by atoms with Gasteiger partial charge in [-0.3, -0.25) is 24.6 Å². The van der Waals surface area contributed by atoms with Crippen LogP contribution in [0.25, 0.3) is 6.08 Å². The molecule has 0 atom stereocenters.